The predicted octanol–water partition coefficient (Wildman–Crippen LogP) is 2.89. The van der Waals surface area contributed by atoms with Crippen molar-refractivity contribution in [3.63, 3.8) is 0 Å². The Balaban J connectivity index is 1.22. The highest BCUT2D eigenvalue weighted by molar-refractivity contribution is 6.00. The molecule has 3 amide bonds. The van der Waals surface area contributed by atoms with Crippen molar-refractivity contribution in [1.29, 1.82) is 0 Å². The summed E-state index contributed by atoms with van der Waals surface area (Å²) >= 11 is 0. The van der Waals surface area contributed by atoms with Gasteiger partial charge < -0.3 is 25.6 Å². The summed E-state index contributed by atoms with van der Waals surface area (Å²) in [6.07, 6.45) is 5.19. The van der Waals surface area contributed by atoms with Gasteiger partial charge in [0, 0.05) is 50.1 Å². The van der Waals surface area contributed by atoms with Gasteiger partial charge in [-0.3, -0.25) is 24.0 Å². The zero-order valence-corrected chi connectivity index (χ0v) is 23.1. The number of carbonyl (C=O) groups excluding carboxylic acids is 3. The highest BCUT2D eigenvalue weighted by Crippen LogP contribution is 2.38. The Morgan fingerprint density at radius 3 is 2.55 bits per heavy atom. The number of nitrogens with zero attached hydrogens (tertiary/aromatic N) is 6. The molecule has 4 aromatic rings. The molecule has 1 saturated carbocycles. The number of likely N-dealkylation sites (tertiary alicyclic amines) is 1. The van der Waals surface area contributed by atoms with Gasteiger partial charge in [-0.1, -0.05) is 12.1 Å². The average molecular weight is 568 g/mol. The molecule has 0 spiro atoms. The fourth-order valence-electron chi connectivity index (χ4n) is 4.73. The topological polar surface area (TPSA) is 156 Å². The number of pyridine rings is 1. The van der Waals surface area contributed by atoms with Gasteiger partial charge in [0.05, 0.1) is 30.2 Å². The molecule has 3 aromatic heterocycles. The second kappa shape index (κ2) is 11.3. The maximum Gasteiger partial charge on any atom is 0.273 e. The number of methoxy groups -OCH3 is 1. The van der Waals surface area contributed by atoms with E-state index >= 15 is 0 Å². The monoisotopic (exact) mass is 567 g/mol. The number of anilines is 3. The van der Waals surface area contributed by atoms with Crippen molar-refractivity contribution >= 4 is 34.9 Å². The highest BCUT2D eigenvalue weighted by atomic mass is 16.5. The van der Waals surface area contributed by atoms with Crippen LogP contribution in [0.15, 0.2) is 60.9 Å². The van der Waals surface area contributed by atoms with Crippen molar-refractivity contribution < 1.29 is 19.1 Å². The first-order valence-electron chi connectivity index (χ1n) is 13.6. The maximum atomic E-state index is 12.6. The maximum absolute atomic E-state index is 12.6. The van der Waals surface area contributed by atoms with E-state index in [4.69, 9.17) is 9.84 Å². The van der Waals surface area contributed by atoms with Gasteiger partial charge in [-0.05, 0) is 43.2 Å². The number of carbonyl (C=O) groups is 3. The molecule has 2 aliphatic rings. The van der Waals surface area contributed by atoms with E-state index in [1.165, 1.54) is 7.05 Å². The first kappa shape index (κ1) is 26.9. The second-order valence-corrected chi connectivity index (χ2v) is 10.1. The van der Waals surface area contributed by atoms with Crippen LogP contribution in [0.1, 0.15) is 39.9 Å². The van der Waals surface area contributed by atoms with E-state index in [0.29, 0.717) is 41.6 Å². The lowest BCUT2D eigenvalue weighted by atomic mass is 10.1. The summed E-state index contributed by atoms with van der Waals surface area (Å²) in [5, 5.41) is 21.4. The molecule has 214 valence electrons. The minimum atomic E-state index is -0.435. The number of hydrogen-bond donors (Lipinski definition) is 3. The zero-order chi connectivity index (χ0) is 29.2. The molecule has 42 heavy (non-hydrogen) atoms. The van der Waals surface area contributed by atoms with Gasteiger partial charge in [-0.2, -0.15) is 5.10 Å². The zero-order valence-electron chi connectivity index (χ0n) is 23.1. The van der Waals surface area contributed by atoms with E-state index in [2.05, 4.69) is 31.1 Å². The molecular formula is C29H29N9O4. The number of hydrogen-bond acceptors (Lipinski definition) is 9. The van der Waals surface area contributed by atoms with E-state index < -0.39 is 5.91 Å². The summed E-state index contributed by atoms with van der Waals surface area (Å²) < 4.78 is 7.64. The molecule has 13 nitrogen and oxygen atoms in total. The van der Waals surface area contributed by atoms with Crippen LogP contribution in [-0.2, 0) is 4.79 Å². The van der Waals surface area contributed by atoms with Gasteiger partial charge in [0.25, 0.3) is 11.8 Å². The Labute approximate surface area is 241 Å². The van der Waals surface area contributed by atoms with E-state index in [9.17, 15) is 14.4 Å². The Kier molecular flexibility index (Phi) is 7.21. The largest absolute Gasteiger partial charge is 0.494 e. The number of nitrogens with one attached hydrogen (secondary N) is 3. The molecule has 2 fully saturated rings. The quantitative estimate of drug-likeness (QED) is 0.277. The van der Waals surface area contributed by atoms with Crippen LogP contribution in [0.25, 0.3) is 11.3 Å². The van der Waals surface area contributed by atoms with Gasteiger partial charge in [0.1, 0.15) is 5.69 Å². The van der Waals surface area contributed by atoms with Crippen LogP contribution in [0, 0.1) is 5.92 Å². The first-order valence-corrected chi connectivity index (χ1v) is 13.6. The van der Waals surface area contributed by atoms with E-state index in [1.54, 1.807) is 42.5 Å². The van der Waals surface area contributed by atoms with Gasteiger partial charge in [-0.15, -0.1) is 10.2 Å². The van der Waals surface area contributed by atoms with Crippen LogP contribution in [0.4, 0.5) is 17.2 Å². The molecule has 0 unspecified atom stereocenters. The minimum absolute atomic E-state index is 0.0113. The van der Waals surface area contributed by atoms with Crippen molar-refractivity contribution in [1.82, 2.24) is 35.2 Å². The molecule has 1 aliphatic carbocycles. The molecule has 1 saturated heterocycles. The number of rotatable bonds is 9. The second-order valence-electron chi connectivity index (χ2n) is 10.1. The molecule has 0 radical (unpaired) electrons. The Morgan fingerprint density at radius 2 is 1.83 bits per heavy atom. The van der Waals surface area contributed by atoms with Crippen molar-refractivity contribution in [3.05, 3.63) is 72.3 Å². The SMILES string of the molecule is CNC(=O)c1nnc(NC(=O)C2CC2)cc1Nc1cccc(-c2ccn(C3CN(C(=O)c4ccccn4)C3)n2)c1OC. The third kappa shape index (κ3) is 5.36. The van der Waals surface area contributed by atoms with E-state index in [0.717, 1.165) is 18.4 Å². The molecule has 13 heteroatoms. The van der Waals surface area contributed by atoms with Gasteiger partial charge in [0.2, 0.25) is 5.91 Å². The third-order valence-electron chi connectivity index (χ3n) is 7.22. The summed E-state index contributed by atoms with van der Waals surface area (Å²) in [4.78, 5) is 43.4. The van der Waals surface area contributed by atoms with Crippen LogP contribution < -0.4 is 20.7 Å². The van der Waals surface area contributed by atoms with Crippen LogP contribution in [0.2, 0.25) is 0 Å². The number of benzene rings is 1. The van der Waals surface area contributed by atoms with Gasteiger partial charge in [0.15, 0.2) is 17.3 Å². The van der Waals surface area contributed by atoms with Crippen molar-refractivity contribution in [2.45, 2.75) is 18.9 Å². The molecule has 0 bridgehead atoms. The average Bonchev–Trinajstić information content (AvgIpc) is 3.74. The smallest absolute Gasteiger partial charge is 0.273 e. The first-order chi connectivity index (χ1) is 20.4. The third-order valence-corrected chi connectivity index (χ3v) is 7.22. The van der Waals surface area contributed by atoms with Crippen molar-refractivity contribution in [3.8, 4) is 17.0 Å². The van der Waals surface area contributed by atoms with Crippen LogP contribution in [0.5, 0.6) is 5.75 Å². The molecule has 6 rings (SSSR count). The fraction of sp³-hybridized carbons (Fsp3) is 0.276. The summed E-state index contributed by atoms with van der Waals surface area (Å²) in [5.74, 6) is 0.0850. The normalized spacial score (nSPS) is 14.6. The predicted molar refractivity (Wildman–Crippen MR) is 153 cm³/mol. The number of amides is 3. The van der Waals surface area contributed by atoms with Crippen molar-refractivity contribution in [2.24, 2.45) is 5.92 Å². The summed E-state index contributed by atoms with van der Waals surface area (Å²) in [6.45, 7) is 1.07. The fourth-order valence-corrected chi connectivity index (χ4v) is 4.73. The molecule has 1 aromatic carbocycles. The Hall–Kier alpha value is -5.33. The number of aromatic nitrogens is 5. The number of para-hydroxylation sites is 1. The number of ether oxygens (including phenoxy) is 1. The summed E-state index contributed by atoms with van der Waals surface area (Å²) in [6, 6.07) is 14.3. The van der Waals surface area contributed by atoms with E-state index in [-0.39, 0.29) is 35.3 Å². The van der Waals surface area contributed by atoms with Crippen LogP contribution in [0.3, 0.4) is 0 Å². The van der Waals surface area contributed by atoms with Crippen LogP contribution >= 0.6 is 0 Å². The van der Waals surface area contributed by atoms with Crippen molar-refractivity contribution in [2.75, 3.05) is 37.9 Å². The molecule has 3 N–H and O–H groups in total. The summed E-state index contributed by atoms with van der Waals surface area (Å²) in [7, 11) is 3.06. The molecular weight excluding hydrogens is 538 g/mol. The Bertz CT molecular complexity index is 1650. The molecule has 1 aliphatic heterocycles. The summed E-state index contributed by atoms with van der Waals surface area (Å²) in [5.41, 5.74) is 2.82. The lowest BCUT2D eigenvalue weighted by molar-refractivity contribution is -0.117. The molecule has 4 heterocycles. The van der Waals surface area contributed by atoms with Gasteiger partial charge in [-0.25, -0.2) is 0 Å². The molecule has 0 atom stereocenters. The minimum Gasteiger partial charge on any atom is -0.494 e. The van der Waals surface area contributed by atoms with E-state index in [1.807, 2.05) is 35.1 Å². The lowest BCUT2D eigenvalue weighted by Gasteiger charge is -2.38. The van der Waals surface area contributed by atoms with Gasteiger partial charge >= 0.3 is 0 Å². The highest BCUT2D eigenvalue weighted by Gasteiger charge is 2.34. The standard InChI is InChI=1S/C29H29N9O4/c1-30-28(40)25-23(14-24(34-35-25)33-27(39)17-9-10-17)32-21-8-5-6-19(26(21)42-2)20-11-13-38(36-20)18-15-37(16-18)29(41)22-7-3-4-12-31-22/h3-8,11-14,17-18H,9-10,15-16H2,1-2H3,(H,30,40)(H2,32,33,34,39). The lowest BCUT2D eigenvalue weighted by Crippen LogP contribution is -2.51. The van der Waals surface area contributed by atoms with Crippen LogP contribution in [-0.4, -0.2) is 74.8 Å². The Morgan fingerprint density at radius 1 is 1.00 bits per heavy atom.